The smallest absolute Gasteiger partial charge is 0.240 e. The maximum Gasteiger partial charge on any atom is 0.240 e. The molecule has 2 aromatic heterocycles. The second-order valence-corrected chi connectivity index (χ2v) is 8.91. The highest BCUT2D eigenvalue weighted by atomic mass is 32.2. The summed E-state index contributed by atoms with van der Waals surface area (Å²) < 4.78 is 10.4. The molecule has 1 aliphatic heterocycles. The first kappa shape index (κ1) is 21.4. The summed E-state index contributed by atoms with van der Waals surface area (Å²) in [4.78, 5) is 21.8. The number of hydrogen-bond acceptors (Lipinski definition) is 7. The largest absolute Gasteiger partial charge is 0.496 e. The molecule has 4 rings (SSSR count). The van der Waals surface area contributed by atoms with Crippen LogP contribution in [-0.2, 0) is 17.9 Å². The molecule has 1 fully saturated rings. The number of carbonyl (C=O) groups is 1. The molecule has 1 aliphatic rings. The molecule has 3 aromatic rings. The Hall–Kier alpha value is -2.84. The number of benzene rings is 1. The number of thioether (sulfide) groups is 1. The van der Waals surface area contributed by atoms with Gasteiger partial charge in [0.2, 0.25) is 5.91 Å². The standard InChI is InChI=1S/C23H26N4O3S/c1-26(15-18-10-12-30-25-18)23(28)20-13-19(31-22-9-5-6-11-24-22)16-27(20)14-17-7-3-4-8-21(17)29-2/h3-12,19-20H,13-16H2,1-2H3/t19-,20+/m1/s1. The summed E-state index contributed by atoms with van der Waals surface area (Å²) in [5, 5.41) is 5.19. The van der Waals surface area contributed by atoms with Crippen molar-refractivity contribution in [3.63, 3.8) is 0 Å². The number of carbonyl (C=O) groups excluding carboxylic acids is 1. The zero-order chi connectivity index (χ0) is 21.6. The topological polar surface area (TPSA) is 71.7 Å². The van der Waals surface area contributed by atoms with Crippen LogP contribution in [0, 0.1) is 0 Å². The Kier molecular flexibility index (Phi) is 6.89. The van der Waals surface area contributed by atoms with Gasteiger partial charge in [0, 0.05) is 43.2 Å². The Morgan fingerprint density at radius 1 is 1.26 bits per heavy atom. The second kappa shape index (κ2) is 9.98. The number of hydrogen-bond donors (Lipinski definition) is 0. The van der Waals surface area contributed by atoms with Crippen LogP contribution in [0.3, 0.4) is 0 Å². The Labute approximate surface area is 186 Å². The van der Waals surface area contributed by atoms with Gasteiger partial charge in [-0.1, -0.05) is 29.4 Å². The monoisotopic (exact) mass is 438 g/mol. The third-order valence-corrected chi connectivity index (χ3v) is 6.57. The van der Waals surface area contributed by atoms with E-state index < -0.39 is 0 Å². The number of para-hydroxylation sites is 1. The number of likely N-dealkylation sites (N-methyl/N-ethyl adjacent to an activating group) is 1. The fourth-order valence-electron chi connectivity index (χ4n) is 3.91. The Bertz CT molecular complexity index is 984. The van der Waals surface area contributed by atoms with E-state index in [1.165, 1.54) is 6.26 Å². The summed E-state index contributed by atoms with van der Waals surface area (Å²) in [6.07, 6.45) is 4.09. The van der Waals surface area contributed by atoms with Gasteiger partial charge in [-0.15, -0.1) is 11.8 Å². The fraction of sp³-hybridized carbons (Fsp3) is 0.348. The van der Waals surface area contributed by atoms with Gasteiger partial charge in [0.05, 0.1) is 24.7 Å². The van der Waals surface area contributed by atoms with E-state index in [-0.39, 0.29) is 17.2 Å². The minimum absolute atomic E-state index is 0.0852. The third kappa shape index (κ3) is 5.26. The first-order valence-electron chi connectivity index (χ1n) is 10.2. The van der Waals surface area contributed by atoms with E-state index in [4.69, 9.17) is 9.26 Å². The second-order valence-electron chi connectivity index (χ2n) is 7.59. The van der Waals surface area contributed by atoms with Gasteiger partial charge in [0.15, 0.2) is 0 Å². The summed E-state index contributed by atoms with van der Waals surface area (Å²) in [6.45, 7) is 1.87. The highest BCUT2D eigenvalue weighted by Crippen LogP contribution is 2.34. The van der Waals surface area contributed by atoms with Crippen molar-refractivity contribution in [2.45, 2.75) is 35.8 Å². The van der Waals surface area contributed by atoms with Crippen LogP contribution in [-0.4, -0.2) is 57.8 Å². The van der Waals surface area contributed by atoms with Gasteiger partial charge in [-0.05, 0) is 24.6 Å². The van der Waals surface area contributed by atoms with Crippen molar-refractivity contribution in [2.24, 2.45) is 0 Å². The van der Waals surface area contributed by atoms with Gasteiger partial charge in [-0.2, -0.15) is 0 Å². The number of aromatic nitrogens is 2. The summed E-state index contributed by atoms with van der Waals surface area (Å²) >= 11 is 1.73. The lowest BCUT2D eigenvalue weighted by atomic mass is 10.1. The minimum atomic E-state index is -0.219. The molecule has 3 heterocycles. The van der Waals surface area contributed by atoms with Crippen molar-refractivity contribution in [3.8, 4) is 5.75 Å². The molecule has 0 bridgehead atoms. The number of nitrogens with zero attached hydrogens (tertiary/aromatic N) is 4. The molecule has 1 saturated heterocycles. The van der Waals surface area contributed by atoms with E-state index in [9.17, 15) is 4.79 Å². The molecule has 31 heavy (non-hydrogen) atoms. The Morgan fingerprint density at radius 2 is 2.10 bits per heavy atom. The lowest BCUT2D eigenvalue weighted by molar-refractivity contribution is -0.135. The number of pyridine rings is 1. The van der Waals surface area contributed by atoms with E-state index in [2.05, 4.69) is 21.1 Å². The Balaban J connectivity index is 1.52. The predicted octanol–water partition coefficient (Wildman–Crippen LogP) is 3.47. The molecule has 0 aliphatic carbocycles. The van der Waals surface area contributed by atoms with Crippen molar-refractivity contribution in [3.05, 3.63) is 72.2 Å². The number of likely N-dealkylation sites (tertiary alicyclic amines) is 1. The van der Waals surface area contributed by atoms with Crippen molar-refractivity contribution in [2.75, 3.05) is 20.7 Å². The quantitative estimate of drug-likeness (QED) is 0.533. The van der Waals surface area contributed by atoms with Gasteiger partial charge < -0.3 is 14.2 Å². The molecule has 8 heteroatoms. The van der Waals surface area contributed by atoms with E-state index in [1.807, 2.05) is 43.4 Å². The molecule has 1 aromatic carbocycles. The van der Waals surface area contributed by atoms with Crippen molar-refractivity contribution in [1.82, 2.24) is 19.9 Å². The summed E-state index contributed by atoms with van der Waals surface area (Å²) in [5.74, 6) is 0.924. The van der Waals surface area contributed by atoms with Crippen LogP contribution in [0.1, 0.15) is 17.7 Å². The first-order valence-corrected chi connectivity index (χ1v) is 11.1. The van der Waals surface area contributed by atoms with Crippen LogP contribution in [0.15, 0.2) is 70.5 Å². The summed E-state index contributed by atoms with van der Waals surface area (Å²) in [5.41, 5.74) is 1.81. The molecule has 7 nitrogen and oxygen atoms in total. The van der Waals surface area contributed by atoms with Crippen molar-refractivity contribution in [1.29, 1.82) is 0 Å². The SMILES string of the molecule is COc1ccccc1CN1C[C@H](Sc2ccccn2)C[C@H]1C(=O)N(C)Cc1ccon1. The molecule has 0 spiro atoms. The lowest BCUT2D eigenvalue weighted by Crippen LogP contribution is -2.43. The number of amides is 1. The van der Waals surface area contributed by atoms with Crippen LogP contribution >= 0.6 is 11.8 Å². The highest BCUT2D eigenvalue weighted by molar-refractivity contribution is 7.99. The van der Waals surface area contributed by atoms with E-state index in [0.29, 0.717) is 13.1 Å². The summed E-state index contributed by atoms with van der Waals surface area (Å²) in [6, 6.07) is 15.5. The Morgan fingerprint density at radius 3 is 2.84 bits per heavy atom. The maximum absolute atomic E-state index is 13.4. The normalized spacial score (nSPS) is 18.8. The molecule has 2 atom stereocenters. The molecule has 0 unspecified atom stereocenters. The van der Waals surface area contributed by atoms with E-state index in [0.717, 1.165) is 35.0 Å². The van der Waals surface area contributed by atoms with E-state index in [1.54, 1.807) is 36.0 Å². The molecular weight excluding hydrogens is 412 g/mol. The van der Waals surface area contributed by atoms with Crippen molar-refractivity contribution < 1.29 is 14.1 Å². The maximum atomic E-state index is 13.4. The third-order valence-electron chi connectivity index (χ3n) is 5.41. The van der Waals surface area contributed by atoms with Gasteiger partial charge in [0.25, 0.3) is 0 Å². The zero-order valence-corrected chi connectivity index (χ0v) is 18.5. The molecule has 1 amide bonds. The van der Waals surface area contributed by atoms with Crippen LogP contribution in [0.4, 0.5) is 0 Å². The van der Waals surface area contributed by atoms with E-state index >= 15 is 0 Å². The predicted molar refractivity (Wildman–Crippen MR) is 119 cm³/mol. The number of rotatable bonds is 8. The lowest BCUT2D eigenvalue weighted by Gasteiger charge is -2.28. The van der Waals surface area contributed by atoms with Crippen LogP contribution in [0.2, 0.25) is 0 Å². The first-order chi connectivity index (χ1) is 15.1. The highest BCUT2D eigenvalue weighted by Gasteiger charge is 2.39. The minimum Gasteiger partial charge on any atom is -0.496 e. The average Bonchev–Trinajstić information content (AvgIpc) is 3.44. The molecule has 0 saturated carbocycles. The molecular formula is C23H26N4O3S. The van der Waals surface area contributed by atoms with Crippen LogP contribution < -0.4 is 4.74 Å². The van der Waals surface area contributed by atoms with Gasteiger partial charge in [-0.3, -0.25) is 9.69 Å². The molecule has 0 N–H and O–H groups in total. The summed E-state index contributed by atoms with van der Waals surface area (Å²) in [7, 11) is 3.49. The average molecular weight is 439 g/mol. The van der Waals surface area contributed by atoms with Gasteiger partial charge >= 0.3 is 0 Å². The van der Waals surface area contributed by atoms with Gasteiger partial charge in [0.1, 0.15) is 17.7 Å². The molecule has 162 valence electrons. The number of ether oxygens (including phenoxy) is 1. The van der Waals surface area contributed by atoms with Gasteiger partial charge in [-0.25, -0.2) is 4.98 Å². The fourth-order valence-corrected chi connectivity index (χ4v) is 5.08. The van der Waals surface area contributed by atoms with Crippen LogP contribution in [0.5, 0.6) is 5.75 Å². The number of methoxy groups -OCH3 is 1. The van der Waals surface area contributed by atoms with Crippen LogP contribution in [0.25, 0.3) is 0 Å². The molecule has 0 radical (unpaired) electrons. The zero-order valence-electron chi connectivity index (χ0n) is 17.7. The van der Waals surface area contributed by atoms with Crippen molar-refractivity contribution >= 4 is 17.7 Å².